The van der Waals surface area contributed by atoms with E-state index in [4.69, 9.17) is 9.47 Å². The summed E-state index contributed by atoms with van der Waals surface area (Å²) in [6, 6.07) is 10.8. The van der Waals surface area contributed by atoms with E-state index in [1.165, 1.54) is 0 Å². The fraction of sp³-hybridized carbons (Fsp3) is 0.250. The molecule has 0 spiro atoms. The molecule has 0 amide bonds. The third-order valence-corrected chi connectivity index (χ3v) is 4.50. The molecule has 5 nitrogen and oxygen atoms in total. The standard InChI is InChI=1S/C20H21NO4/c1-5-25-20(23)17-12(2)21(3)15-10-11-16(22)18(19(15)17)13-6-8-14(24-4)9-7-13/h6-11,22H,5H2,1-4H3. The molecule has 3 aromatic rings. The van der Waals surface area contributed by atoms with Crippen molar-refractivity contribution in [1.29, 1.82) is 0 Å². The van der Waals surface area contributed by atoms with Crippen LogP contribution in [0.3, 0.4) is 0 Å². The number of ether oxygens (including phenoxy) is 2. The first kappa shape index (κ1) is 16.9. The van der Waals surface area contributed by atoms with Crippen LogP contribution in [0, 0.1) is 6.92 Å². The minimum Gasteiger partial charge on any atom is -0.507 e. The first-order chi connectivity index (χ1) is 12.0. The van der Waals surface area contributed by atoms with Crippen molar-refractivity contribution in [3.8, 4) is 22.6 Å². The molecular formula is C20H21NO4. The number of carbonyl (C=O) groups is 1. The maximum Gasteiger partial charge on any atom is 0.340 e. The van der Waals surface area contributed by atoms with E-state index < -0.39 is 0 Å². The van der Waals surface area contributed by atoms with E-state index in [0.29, 0.717) is 23.1 Å². The Morgan fingerprint density at radius 3 is 2.44 bits per heavy atom. The molecule has 1 heterocycles. The van der Waals surface area contributed by atoms with Gasteiger partial charge >= 0.3 is 5.97 Å². The number of aromatic hydroxyl groups is 1. The number of nitrogens with zero attached hydrogens (tertiary/aromatic N) is 1. The van der Waals surface area contributed by atoms with E-state index in [-0.39, 0.29) is 11.7 Å². The molecule has 130 valence electrons. The Balaban J connectivity index is 2.35. The second-order valence-corrected chi connectivity index (χ2v) is 5.82. The number of benzene rings is 2. The molecule has 0 saturated heterocycles. The second kappa shape index (κ2) is 6.51. The van der Waals surface area contributed by atoms with E-state index in [1.54, 1.807) is 20.1 Å². The van der Waals surface area contributed by atoms with Crippen LogP contribution in [0.2, 0.25) is 0 Å². The number of methoxy groups -OCH3 is 1. The lowest BCUT2D eigenvalue weighted by molar-refractivity contribution is 0.0527. The van der Waals surface area contributed by atoms with Crippen LogP contribution in [-0.4, -0.2) is 29.4 Å². The minimum absolute atomic E-state index is 0.119. The van der Waals surface area contributed by atoms with Crippen molar-refractivity contribution in [2.45, 2.75) is 13.8 Å². The van der Waals surface area contributed by atoms with Gasteiger partial charge in [0.15, 0.2) is 0 Å². The lowest BCUT2D eigenvalue weighted by atomic mass is 9.97. The monoisotopic (exact) mass is 339 g/mol. The molecule has 0 bridgehead atoms. The molecule has 0 aliphatic carbocycles. The van der Waals surface area contributed by atoms with E-state index in [1.807, 2.05) is 48.9 Å². The summed E-state index contributed by atoms with van der Waals surface area (Å²) in [7, 11) is 3.50. The van der Waals surface area contributed by atoms with Gasteiger partial charge in [-0.1, -0.05) is 12.1 Å². The zero-order valence-corrected chi connectivity index (χ0v) is 14.8. The normalized spacial score (nSPS) is 10.9. The fourth-order valence-corrected chi connectivity index (χ4v) is 3.15. The third kappa shape index (κ3) is 2.71. The molecule has 1 aromatic heterocycles. The molecule has 2 aromatic carbocycles. The first-order valence-corrected chi connectivity index (χ1v) is 8.12. The topological polar surface area (TPSA) is 60.7 Å². The molecule has 0 aliphatic heterocycles. The van der Waals surface area contributed by atoms with Gasteiger partial charge in [-0.15, -0.1) is 0 Å². The predicted octanol–water partition coefficient (Wildman–Crippen LogP) is 4.04. The Hall–Kier alpha value is -2.95. The molecule has 25 heavy (non-hydrogen) atoms. The zero-order valence-electron chi connectivity index (χ0n) is 14.8. The van der Waals surface area contributed by atoms with Gasteiger partial charge in [0.1, 0.15) is 11.5 Å². The summed E-state index contributed by atoms with van der Waals surface area (Å²) < 4.78 is 12.4. The highest BCUT2D eigenvalue weighted by Gasteiger charge is 2.24. The van der Waals surface area contributed by atoms with E-state index in [2.05, 4.69) is 0 Å². The Morgan fingerprint density at radius 1 is 1.16 bits per heavy atom. The van der Waals surface area contributed by atoms with Gasteiger partial charge in [-0.25, -0.2) is 4.79 Å². The molecule has 0 aliphatic rings. The maximum absolute atomic E-state index is 12.6. The number of aromatic nitrogens is 1. The molecule has 1 N–H and O–H groups in total. The highest BCUT2D eigenvalue weighted by Crippen LogP contribution is 2.40. The largest absolute Gasteiger partial charge is 0.507 e. The summed E-state index contributed by atoms with van der Waals surface area (Å²) in [6.45, 7) is 3.95. The van der Waals surface area contributed by atoms with Crippen molar-refractivity contribution >= 4 is 16.9 Å². The molecule has 3 rings (SSSR count). The van der Waals surface area contributed by atoms with Gasteiger partial charge in [-0.3, -0.25) is 0 Å². The number of hydrogen-bond acceptors (Lipinski definition) is 4. The van der Waals surface area contributed by atoms with Crippen molar-refractivity contribution in [1.82, 2.24) is 4.57 Å². The van der Waals surface area contributed by atoms with Gasteiger partial charge in [-0.05, 0) is 43.7 Å². The summed E-state index contributed by atoms with van der Waals surface area (Å²) >= 11 is 0. The number of phenols is 1. The van der Waals surface area contributed by atoms with Gasteiger partial charge < -0.3 is 19.1 Å². The number of carbonyl (C=O) groups excluding carboxylic acids is 1. The van der Waals surface area contributed by atoms with Crippen LogP contribution < -0.4 is 4.74 Å². The van der Waals surface area contributed by atoms with E-state index in [0.717, 1.165) is 22.5 Å². The van der Waals surface area contributed by atoms with Crippen molar-refractivity contribution < 1.29 is 19.4 Å². The lowest BCUT2D eigenvalue weighted by Crippen LogP contribution is -2.06. The average molecular weight is 339 g/mol. The van der Waals surface area contributed by atoms with Crippen molar-refractivity contribution in [2.24, 2.45) is 7.05 Å². The number of rotatable bonds is 4. The molecule has 0 atom stereocenters. The van der Waals surface area contributed by atoms with Crippen LogP contribution in [0.5, 0.6) is 11.5 Å². The highest BCUT2D eigenvalue weighted by molar-refractivity contribution is 6.13. The Labute approximate surface area is 146 Å². The van der Waals surface area contributed by atoms with Crippen molar-refractivity contribution in [3.63, 3.8) is 0 Å². The van der Waals surface area contributed by atoms with Gasteiger partial charge in [0, 0.05) is 29.2 Å². The third-order valence-electron chi connectivity index (χ3n) is 4.50. The minimum atomic E-state index is -0.383. The SMILES string of the molecule is CCOC(=O)c1c(C)n(C)c2ccc(O)c(-c3ccc(OC)cc3)c12. The Morgan fingerprint density at radius 2 is 1.84 bits per heavy atom. The molecule has 5 heteroatoms. The number of hydrogen-bond donors (Lipinski definition) is 1. The zero-order chi connectivity index (χ0) is 18.1. The second-order valence-electron chi connectivity index (χ2n) is 5.82. The summed E-state index contributed by atoms with van der Waals surface area (Å²) in [5.41, 5.74) is 3.58. The van der Waals surface area contributed by atoms with Crippen LogP contribution >= 0.6 is 0 Å². The van der Waals surface area contributed by atoms with Crippen LogP contribution in [-0.2, 0) is 11.8 Å². The lowest BCUT2D eigenvalue weighted by Gasteiger charge is -2.10. The smallest absolute Gasteiger partial charge is 0.340 e. The summed E-state index contributed by atoms with van der Waals surface area (Å²) in [5.74, 6) is 0.463. The summed E-state index contributed by atoms with van der Waals surface area (Å²) in [6.07, 6.45) is 0. The van der Waals surface area contributed by atoms with Crippen molar-refractivity contribution in [3.05, 3.63) is 47.7 Å². The Bertz CT molecular complexity index is 939. The van der Waals surface area contributed by atoms with Crippen LogP contribution in [0.4, 0.5) is 0 Å². The quantitative estimate of drug-likeness (QED) is 0.729. The molecule has 0 radical (unpaired) electrons. The van der Waals surface area contributed by atoms with Crippen molar-refractivity contribution in [2.75, 3.05) is 13.7 Å². The predicted molar refractivity (Wildman–Crippen MR) is 97.3 cm³/mol. The summed E-state index contributed by atoms with van der Waals surface area (Å²) in [4.78, 5) is 12.6. The van der Waals surface area contributed by atoms with Crippen LogP contribution in [0.25, 0.3) is 22.0 Å². The molecule has 0 saturated carbocycles. The Kier molecular flexibility index (Phi) is 4.40. The maximum atomic E-state index is 12.6. The first-order valence-electron chi connectivity index (χ1n) is 8.12. The van der Waals surface area contributed by atoms with Crippen LogP contribution in [0.15, 0.2) is 36.4 Å². The highest BCUT2D eigenvalue weighted by atomic mass is 16.5. The van der Waals surface area contributed by atoms with Crippen LogP contribution in [0.1, 0.15) is 23.0 Å². The molecule has 0 fully saturated rings. The van der Waals surface area contributed by atoms with Gasteiger partial charge in [0.2, 0.25) is 0 Å². The number of fused-ring (bicyclic) bond motifs is 1. The van der Waals surface area contributed by atoms with Gasteiger partial charge in [0.05, 0.1) is 19.3 Å². The molecular weight excluding hydrogens is 318 g/mol. The van der Waals surface area contributed by atoms with E-state index in [9.17, 15) is 9.90 Å². The summed E-state index contributed by atoms with van der Waals surface area (Å²) in [5, 5.41) is 11.2. The van der Waals surface area contributed by atoms with E-state index >= 15 is 0 Å². The molecule has 0 unspecified atom stereocenters. The van der Waals surface area contributed by atoms with Gasteiger partial charge in [-0.2, -0.15) is 0 Å². The average Bonchev–Trinajstić information content (AvgIpc) is 2.86. The number of phenolic OH excluding ortho intramolecular Hbond substituents is 1. The number of aryl methyl sites for hydroxylation is 1. The van der Waals surface area contributed by atoms with Gasteiger partial charge in [0.25, 0.3) is 0 Å². The number of esters is 1. The fourth-order valence-electron chi connectivity index (χ4n) is 3.15.